The Morgan fingerprint density at radius 3 is 1.11 bits per heavy atom. The largest absolute Gasteiger partial charge is 0.475 e. The first kappa shape index (κ1) is 63.2. The molecule has 4 aliphatic rings. The van der Waals surface area contributed by atoms with E-state index < -0.39 is 161 Å². The van der Waals surface area contributed by atoms with Gasteiger partial charge in [0.2, 0.25) is 0 Å². The number of aromatic amines is 4. The second-order valence-corrected chi connectivity index (χ2v) is 22.3. The number of rotatable bonds is 22. The third-order valence-electron chi connectivity index (χ3n) is 13.2. The van der Waals surface area contributed by atoms with E-state index in [0.717, 1.165) is 18.3 Å². The highest BCUT2D eigenvalue weighted by molar-refractivity contribution is 7.48. The van der Waals surface area contributed by atoms with E-state index in [9.17, 15) is 67.9 Å². The molecule has 4 saturated heterocycles. The summed E-state index contributed by atoms with van der Waals surface area (Å²) in [5, 5.41) is 58.0. The van der Waals surface area contributed by atoms with E-state index in [4.69, 9.17) is 56.6 Å². The Kier molecular flexibility index (Phi) is 21.1. The van der Waals surface area contributed by atoms with Crippen LogP contribution >= 0.6 is 15.6 Å². The summed E-state index contributed by atoms with van der Waals surface area (Å²) in [5.41, 5.74) is -4.35. The van der Waals surface area contributed by atoms with Crippen LogP contribution in [0.25, 0.3) is 0 Å². The minimum absolute atomic E-state index is 0.0437. The van der Waals surface area contributed by atoms with E-state index in [1.807, 2.05) is 12.1 Å². The molecule has 34 nitrogen and oxygen atoms in total. The maximum Gasteiger partial charge on any atom is 0.475 e. The van der Waals surface area contributed by atoms with Crippen LogP contribution in [0, 0.1) is 50.4 Å². The molecule has 8 rings (SSSR count). The number of aliphatic hydroxyl groups is 4. The molecule has 4 aromatic rings. The molecule has 0 aliphatic carbocycles. The van der Waals surface area contributed by atoms with Crippen LogP contribution in [0.4, 0.5) is 0 Å². The number of ether oxygens (including phenoxy) is 4. The lowest BCUT2D eigenvalue weighted by Crippen LogP contribution is -2.33. The summed E-state index contributed by atoms with van der Waals surface area (Å²) in [6, 6.07) is 3.67. The monoisotopic (exact) mass is 1200 g/mol. The highest BCUT2D eigenvalue weighted by atomic mass is 31.2. The standard InChI is InChI=1S/2C23H30N5O12P/c1-12-8-27(22(33)25-20(12)31)18-6-14(30)17(39-18)11-37-41(35,36-5-3-4-24)40-15-7-19(38-16(15)10-29)28-9-13(2)21(32)26-23(28)34;1-12-8-27(22(33)25-20(12)31)18-6-14(16(10-29)37-18)39-41(35,36-5-3-4-24)40-15-7-19(38-17(15)11-30)28-9-13(2)21(32)26-23(28)34/h2*8-9,14-19,29-30H,3,5-7,10-11H2,1-2H3,(H,25,31,33)(H,26,32,34). The van der Waals surface area contributed by atoms with E-state index >= 15 is 0 Å². The third-order valence-corrected chi connectivity index (χ3v) is 16.3. The van der Waals surface area contributed by atoms with Gasteiger partial charge in [0.1, 0.15) is 67.6 Å². The summed E-state index contributed by atoms with van der Waals surface area (Å²) < 4.78 is 88.0. The molecule has 8 N–H and O–H groups in total. The predicted octanol–water partition coefficient (Wildman–Crippen LogP) is -1.86. The van der Waals surface area contributed by atoms with Gasteiger partial charge in [-0.15, -0.1) is 0 Å². The number of nitriles is 2. The topological polar surface area (TPSA) is 474 Å². The Hall–Kier alpha value is -6.40. The van der Waals surface area contributed by atoms with Crippen molar-refractivity contribution in [1.82, 2.24) is 38.2 Å². The zero-order valence-corrected chi connectivity index (χ0v) is 46.0. The zero-order chi connectivity index (χ0) is 59.8. The molecule has 0 saturated carbocycles. The lowest BCUT2D eigenvalue weighted by molar-refractivity contribution is -0.0600. The Balaban J connectivity index is 0.000000236. The number of aliphatic hydroxyl groups excluding tert-OH is 4. The first-order valence-electron chi connectivity index (χ1n) is 25.3. The zero-order valence-electron chi connectivity index (χ0n) is 44.3. The molecule has 8 heterocycles. The van der Waals surface area contributed by atoms with Crippen LogP contribution in [0.15, 0.2) is 63.1 Å². The highest BCUT2D eigenvalue weighted by Crippen LogP contribution is 2.56. The van der Waals surface area contributed by atoms with Crippen LogP contribution in [0.5, 0.6) is 0 Å². The fourth-order valence-electron chi connectivity index (χ4n) is 8.93. The Morgan fingerprint density at radius 1 is 0.500 bits per heavy atom. The van der Waals surface area contributed by atoms with Gasteiger partial charge in [0, 0.05) is 72.7 Å². The highest BCUT2D eigenvalue weighted by Gasteiger charge is 2.48. The smallest absolute Gasteiger partial charge is 0.394 e. The van der Waals surface area contributed by atoms with Crippen molar-refractivity contribution in [3.8, 4) is 12.1 Å². The number of phosphoric acid groups is 2. The van der Waals surface area contributed by atoms with Crippen LogP contribution in [0.2, 0.25) is 0 Å². The van der Waals surface area contributed by atoms with Gasteiger partial charge in [-0.25, -0.2) is 28.3 Å². The van der Waals surface area contributed by atoms with Gasteiger partial charge in [-0.2, -0.15) is 10.5 Å². The molecule has 36 heteroatoms. The minimum atomic E-state index is -4.57. The molecule has 4 aliphatic heterocycles. The summed E-state index contributed by atoms with van der Waals surface area (Å²) in [6.07, 6.45) is -8.35. The molecule has 13 atom stereocenters. The molecule has 13 unspecified atom stereocenters. The summed E-state index contributed by atoms with van der Waals surface area (Å²) in [5.74, 6) is 0. The van der Waals surface area contributed by atoms with Gasteiger partial charge in [0.15, 0.2) is 0 Å². The fourth-order valence-corrected chi connectivity index (χ4v) is 11.9. The van der Waals surface area contributed by atoms with Crippen molar-refractivity contribution in [3.05, 3.63) is 130 Å². The number of nitrogens with zero attached hydrogens (tertiary/aromatic N) is 6. The van der Waals surface area contributed by atoms with Crippen molar-refractivity contribution in [2.45, 2.75) is 140 Å². The van der Waals surface area contributed by atoms with E-state index in [1.54, 1.807) is 0 Å². The van der Waals surface area contributed by atoms with Crippen molar-refractivity contribution >= 4 is 15.6 Å². The number of phosphoric ester groups is 2. The lowest BCUT2D eigenvalue weighted by atomic mass is 10.2. The van der Waals surface area contributed by atoms with E-state index in [1.165, 1.54) is 52.5 Å². The maximum atomic E-state index is 13.9. The number of nitrogens with one attached hydrogen (secondary N) is 4. The van der Waals surface area contributed by atoms with Gasteiger partial charge in [-0.3, -0.25) is 84.5 Å². The van der Waals surface area contributed by atoms with Crippen LogP contribution in [0.1, 0.15) is 85.7 Å². The first-order chi connectivity index (χ1) is 38.9. The Morgan fingerprint density at radius 2 is 0.793 bits per heavy atom. The number of hydrogen-bond donors (Lipinski definition) is 8. The van der Waals surface area contributed by atoms with Crippen molar-refractivity contribution in [1.29, 1.82) is 10.5 Å². The molecule has 448 valence electrons. The van der Waals surface area contributed by atoms with Crippen molar-refractivity contribution < 1.29 is 75.6 Å². The summed E-state index contributed by atoms with van der Waals surface area (Å²) in [7, 11) is -9.05. The second-order valence-electron chi connectivity index (χ2n) is 19.1. The lowest BCUT2D eigenvalue weighted by Gasteiger charge is -2.26. The normalized spacial score (nSPS) is 27.5. The molecule has 82 heavy (non-hydrogen) atoms. The molecular weight excluding hydrogens is 1140 g/mol. The number of aryl methyl sites for hydroxylation is 4. The van der Waals surface area contributed by atoms with Gasteiger partial charge in [-0.05, 0) is 27.7 Å². The third kappa shape index (κ3) is 15.0. The molecule has 0 spiro atoms. The molecular formula is C46H60N10O24P2. The minimum Gasteiger partial charge on any atom is -0.394 e. The van der Waals surface area contributed by atoms with Gasteiger partial charge in [0.25, 0.3) is 22.2 Å². The first-order valence-corrected chi connectivity index (χ1v) is 28.2. The number of aromatic nitrogens is 8. The molecule has 0 radical (unpaired) electrons. The average molecular weight is 1200 g/mol. The Labute approximate surface area is 461 Å². The fraction of sp³-hybridized carbons (Fsp3) is 0.609. The summed E-state index contributed by atoms with van der Waals surface area (Å²) >= 11 is 0. The average Bonchev–Trinajstić information content (AvgIpc) is 4.38. The summed E-state index contributed by atoms with van der Waals surface area (Å²) in [6.45, 7) is 2.98. The van der Waals surface area contributed by atoms with Crippen molar-refractivity contribution in [3.63, 3.8) is 0 Å². The van der Waals surface area contributed by atoms with Crippen LogP contribution < -0.4 is 45.0 Å². The van der Waals surface area contributed by atoms with Gasteiger partial charge in [0.05, 0.1) is 70.7 Å². The van der Waals surface area contributed by atoms with Crippen LogP contribution in [-0.2, 0) is 55.2 Å². The molecule has 4 aromatic heterocycles. The van der Waals surface area contributed by atoms with E-state index in [2.05, 4.69) is 19.9 Å². The number of hydrogen-bond acceptors (Lipinski definition) is 26. The quantitative estimate of drug-likeness (QED) is 0.0316. The van der Waals surface area contributed by atoms with Crippen LogP contribution in [0.3, 0.4) is 0 Å². The molecule has 0 aromatic carbocycles. The molecule has 0 amide bonds. The van der Waals surface area contributed by atoms with Crippen molar-refractivity contribution in [2.24, 2.45) is 0 Å². The van der Waals surface area contributed by atoms with Gasteiger partial charge >= 0.3 is 38.4 Å². The Bertz CT molecular complexity index is 3510. The second kappa shape index (κ2) is 27.3. The van der Waals surface area contributed by atoms with Gasteiger partial charge < -0.3 is 39.4 Å². The number of H-pyrrole nitrogens is 4. The van der Waals surface area contributed by atoms with Gasteiger partial charge in [-0.1, -0.05) is 0 Å². The maximum absolute atomic E-state index is 13.9. The molecule has 0 bridgehead atoms. The SMILES string of the molecule is Cc1cn(C2CC(O)C(COP(=O)(OCCC#N)OC3CC(n4cc(C)c(=O)[nH]c4=O)OC3CO)O2)c(=O)[nH]c1=O.Cc1cn(C2CC(OP(=O)(OCCC#N)OC3CC(n4cc(C)c(=O)[nH]c4=O)OC3CO)C(CO)O2)c(=O)[nH]c1=O. The summed E-state index contributed by atoms with van der Waals surface area (Å²) in [4.78, 5) is 105. The van der Waals surface area contributed by atoms with Crippen molar-refractivity contribution in [2.75, 3.05) is 39.6 Å². The molecule has 4 fully saturated rings. The van der Waals surface area contributed by atoms with E-state index in [0.29, 0.717) is 0 Å². The van der Waals surface area contributed by atoms with Crippen LogP contribution in [-0.4, -0.2) is 147 Å². The van der Waals surface area contributed by atoms with E-state index in [-0.39, 0.29) is 74.0 Å². The predicted molar refractivity (Wildman–Crippen MR) is 274 cm³/mol.